The number of ether oxygens (including phenoxy) is 2. The molecule has 1 rings (SSSR count). The van der Waals surface area contributed by atoms with Crippen molar-refractivity contribution in [2.75, 3.05) is 33.5 Å². The average Bonchev–Trinajstić information content (AvgIpc) is 2.29. The highest BCUT2D eigenvalue weighted by Gasteiger charge is 2.18. The molecule has 1 saturated heterocycles. The second kappa shape index (κ2) is 8.08. The first-order valence-corrected chi connectivity index (χ1v) is 6.19. The van der Waals surface area contributed by atoms with Crippen LogP contribution in [-0.4, -0.2) is 39.5 Å². The average molecular weight is 215 g/mol. The normalized spacial score (nSPS) is 20.4. The SMILES string of the molecule is CCCOCC(CC1CCOCC1)NC. The molecule has 1 N–H and O–H groups in total. The Balaban J connectivity index is 2.13. The Morgan fingerprint density at radius 3 is 2.73 bits per heavy atom. The van der Waals surface area contributed by atoms with Gasteiger partial charge in [0.25, 0.3) is 0 Å². The molecule has 0 bridgehead atoms. The molecule has 0 aromatic heterocycles. The summed E-state index contributed by atoms with van der Waals surface area (Å²) in [4.78, 5) is 0. The molecule has 0 radical (unpaired) electrons. The van der Waals surface area contributed by atoms with Gasteiger partial charge in [-0.25, -0.2) is 0 Å². The van der Waals surface area contributed by atoms with Crippen LogP contribution in [0.15, 0.2) is 0 Å². The fourth-order valence-corrected chi connectivity index (χ4v) is 2.02. The summed E-state index contributed by atoms with van der Waals surface area (Å²) >= 11 is 0. The van der Waals surface area contributed by atoms with Crippen molar-refractivity contribution in [3.63, 3.8) is 0 Å². The van der Waals surface area contributed by atoms with Gasteiger partial charge in [-0.3, -0.25) is 0 Å². The zero-order chi connectivity index (χ0) is 10.9. The maximum atomic E-state index is 5.58. The van der Waals surface area contributed by atoms with Crippen molar-refractivity contribution in [1.29, 1.82) is 0 Å². The molecule has 0 aliphatic carbocycles. The fraction of sp³-hybridized carbons (Fsp3) is 1.00. The third-order valence-electron chi connectivity index (χ3n) is 3.03. The summed E-state index contributed by atoms with van der Waals surface area (Å²) in [5.74, 6) is 0.821. The molecule has 1 fully saturated rings. The van der Waals surface area contributed by atoms with Crippen molar-refractivity contribution in [2.45, 2.75) is 38.6 Å². The van der Waals surface area contributed by atoms with Crippen molar-refractivity contribution in [2.24, 2.45) is 5.92 Å². The van der Waals surface area contributed by atoms with Gasteiger partial charge in [0.15, 0.2) is 0 Å². The van der Waals surface area contributed by atoms with Crippen LogP contribution < -0.4 is 5.32 Å². The lowest BCUT2D eigenvalue weighted by Gasteiger charge is -2.26. The van der Waals surface area contributed by atoms with Crippen LogP contribution in [0.25, 0.3) is 0 Å². The fourth-order valence-electron chi connectivity index (χ4n) is 2.02. The van der Waals surface area contributed by atoms with E-state index < -0.39 is 0 Å². The quantitative estimate of drug-likeness (QED) is 0.657. The van der Waals surface area contributed by atoms with Crippen LogP contribution in [0.2, 0.25) is 0 Å². The highest BCUT2D eigenvalue weighted by atomic mass is 16.5. The highest BCUT2D eigenvalue weighted by Crippen LogP contribution is 2.20. The van der Waals surface area contributed by atoms with E-state index in [0.717, 1.165) is 38.8 Å². The lowest BCUT2D eigenvalue weighted by Crippen LogP contribution is -2.34. The monoisotopic (exact) mass is 215 g/mol. The smallest absolute Gasteiger partial charge is 0.0619 e. The number of rotatable bonds is 7. The molecule has 0 saturated carbocycles. The van der Waals surface area contributed by atoms with Gasteiger partial charge in [0.05, 0.1) is 6.61 Å². The van der Waals surface area contributed by atoms with Crippen LogP contribution in [-0.2, 0) is 9.47 Å². The molecule has 3 heteroatoms. The van der Waals surface area contributed by atoms with E-state index in [1.807, 2.05) is 7.05 Å². The van der Waals surface area contributed by atoms with E-state index >= 15 is 0 Å². The van der Waals surface area contributed by atoms with E-state index in [2.05, 4.69) is 12.2 Å². The van der Waals surface area contributed by atoms with Gasteiger partial charge in [0.1, 0.15) is 0 Å². The molecule has 0 spiro atoms. The van der Waals surface area contributed by atoms with E-state index in [-0.39, 0.29) is 0 Å². The van der Waals surface area contributed by atoms with Gasteiger partial charge in [-0.1, -0.05) is 6.92 Å². The Hall–Kier alpha value is -0.120. The Bertz CT molecular complexity index is 147. The van der Waals surface area contributed by atoms with Gasteiger partial charge in [-0.2, -0.15) is 0 Å². The summed E-state index contributed by atoms with van der Waals surface area (Å²) in [6.07, 6.45) is 4.76. The van der Waals surface area contributed by atoms with Crippen molar-refractivity contribution >= 4 is 0 Å². The first-order valence-electron chi connectivity index (χ1n) is 6.19. The van der Waals surface area contributed by atoms with Gasteiger partial charge < -0.3 is 14.8 Å². The Morgan fingerprint density at radius 1 is 1.40 bits per heavy atom. The van der Waals surface area contributed by atoms with E-state index in [0.29, 0.717) is 6.04 Å². The van der Waals surface area contributed by atoms with Crippen LogP contribution >= 0.6 is 0 Å². The summed E-state index contributed by atoms with van der Waals surface area (Å²) < 4.78 is 10.9. The molecule has 1 atom stereocenters. The second-order valence-corrected chi connectivity index (χ2v) is 4.35. The van der Waals surface area contributed by atoms with Gasteiger partial charge in [-0.15, -0.1) is 0 Å². The third kappa shape index (κ3) is 5.50. The van der Waals surface area contributed by atoms with Crippen LogP contribution in [0, 0.1) is 5.92 Å². The minimum absolute atomic E-state index is 0.514. The number of hydrogen-bond acceptors (Lipinski definition) is 3. The Kier molecular flexibility index (Phi) is 6.98. The third-order valence-corrected chi connectivity index (χ3v) is 3.03. The minimum Gasteiger partial charge on any atom is -0.381 e. The summed E-state index contributed by atoms with van der Waals surface area (Å²) in [5, 5.41) is 3.34. The maximum absolute atomic E-state index is 5.58. The molecule has 15 heavy (non-hydrogen) atoms. The van der Waals surface area contributed by atoms with E-state index in [9.17, 15) is 0 Å². The van der Waals surface area contributed by atoms with Gasteiger partial charge >= 0.3 is 0 Å². The lowest BCUT2D eigenvalue weighted by atomic mass is 9.93. The Labute approximate surface area is 93.5 Å². The van der Waals surface area contributed by atoms with Gasteiger partial charge in [-0.05, 0) is 38.6 Å². The van der Waals surface area contributed by atoms with Crippen LogP contribution in [0.1, 0.15) is 32.6 Å². The molecule has 1 aliphatic heterocycles. The zero-order valence-corrected chi connectivity index (χ0v) is 10.1. The maximum Gasteiger partial charge on any atom is 0.0619 e. The standard InChI is InChI=1S/C12H25NO2/c1-3-6-15-10-12(13-2)9-11-4-7-14-8-5-11/h11-13H,3-10H2,1-2H3. The van der Waals surface area contributed by atoms with Crippen molar-refractivity contribution in [3.05, 3.63) is 0 Å². The van der Waals surface area contributed by atoms with E-state index in [1.54, 1.807) is 0 Å². The lowest BCUT2D eigenvalue weighted by molar-refractivity contribution is 0.0512. The van der Waals surface area contributed by atoms with E-state index in [1.165, 1.54) is 19.3 Å². The molecular weight excluding hydrogens is 190 g/mol. The molecule has 90 valence electrons. The summed E-state index contributed by atoms with van der Waals surface area (Å²) in [5.41, 5.74) is 0. The molecule has 1 aliphatic rings. The highest BCUT2D eigenvalue weighted by molar-refractivity contribution is 4.72. The predicted octanol–water partition coefficient (Wildman–Crippen LogP) is 1.82. The number of likely N-dealkylation sites (N-methyl/N-ethyl adjacent to an activating group) is 1. The van der Waals surface area contributed by atoms with Gasteiger partial charge in [0.2, 0.25) is 0 Å². The number of hydrogen-bond donors (Lipinski definition) is 1. The molecule has 0 aromatic carbocycles. The van der Waals surface area contributed by atoms with Crippen LogP contribution in [0.5, 0.6) is 0 Å². The topological polar surface area (TPSA) is 30.5 Å². The van der Waals surface area contributed by atoms with Crippen molar-refractivity contribution in [1.82, 2.24) is 5.32 Å². The first kappa shape index (κ1) is 12.9. The second-order valence-electron chi connectivity index (χ2n) is 4.35. The molecular formula is C12H25NO2. The first-order chi connectivity index (χ1) is 7.36. The number of nitrogens with one attached hydrogen (secondary N) is 1. The Morgan fingerprint density at radius 2 is 2.13 bits per heavy atom. The summed E-state index contributed by atoms with van der Waals surface area (Å²) in [7, 11) is 2.03. The largest absolute Gasteiger partial charge is 0.381 e. The summed E-state index contributed by atoms with van der Waals surface area (Å²) in [6, 6.07) is 0.514. The molecule has 0 aromatic rings. The van der Waals surface area contributed by atoms with Gasteiger partial charge in [0, 0.05) is 25.9 Å². The summed E-state index contributed by atoms with van der Waals surface area (Å²) in [6.45, 7) is 5.76. The van der Waals surface area contributed by atoms with Crippen molar-refractivity contribution < 1.29 is 9.47 Å². The molecule has 1 heterocycles. The molecule has 0 amide bonds. The minimum atomic E-state index is 0.514. The van der Waals surface area contributed by atoms with Crippen LogP contribution in [0.4, 0.5) is 0 Å². The van der Waals surface area contributed by atoms with Crippen molar-refractivity contribution in [3.8, 4) is 0 Å². The predicted molar refractivity (Wildman–Crippen MR) is 62.1 cm³/mol. The molecule has 3 nitrogen and oxygen atoms in total. The van der Waals surface area contributed by atoms with E-state index in [4.69, 9.17) is 9.47 Å². The van der Waals surface area contributed by atoms with Crippen LogP contribution in [0.3, 0.4) is 0 Å². The zero-order valence-electron chi connectivity index (χ0n) is 10.1. The molecule has 1 unspecified atom stereocenters.